The number of H-pyrrole nitrogens is 1. The number of ether oxygens (including phenoxy) is 1. The Bertz CT molecular complexity index is 433. The number of carboxylic acid groups (broad SMARTS) is 1. The second-order valence-corrected chi connectivity index (χ2v) is 2.60. The Labute approximate surface area is 78.6 Å². The number of carboxylic acids is 1. The van der Waals surface area contributed by atoms with Gasteiger partial charge in [0.25, 0.3) is 6.01 Å². The lowest BCUT2D eigenvalue weighted by Crippen LogP contribution is -2.09. The number of aromatic amines is 1. The number of aliphatic carboxylic acids is 1. The van der Waals surface area contributed by atoms with Gasteiger partial charge in [-0.1, -0.05) is 0 Å². The van der Waals surface area contributed by atoms with E-state index in [1.165, 1.54) is 0 Å². The van der Waals surface area contributed by atoms with Crippen molar-refractivity contribution >= 4 is 17.1 Å². The SMILES string of the molecule is O=C(O)COc1nc2ncccc2[nH]1. The molecule has 0 spiro atoms. The summed E-state index contributed by atoms with van der Waals surface area (Å²) in [7, 11) is 0. The van der Waals surface area contributed by atoms with Crippen LogP contribution in [0.1, 0.15) is 0 Å². The fraction of sp³-hybridized carbons (Fsp3) is 0.125. The van der Waals surface area contributed by atoms with Crippen LogP contribution in [0.15, 0.2) is 18.3 Å². The molecule has 6 heteroatoms. The van der Waals surface area contributed by atoms with E-state index in [0.717, 1.165) is 0 Å². The van der Waals surface area contributed by atoms with Crippen LogP contribution >= 0.6 is 0 Å². The number of hydrogen-bond donors (Lipinski definition) is 2. The largest absolute Gasteiger partial charge is 0.479 e. The molecular weight excluding hydrogens is 186 g/mol. The molecule has 0 radical (unpaired) electrons. The van der Waals surface area contributed by atoms with Gasteiger partial charge in [0.05, 0.1) is 5.52 Å². The van der Waals surface area contributed by atoms with Crippen LogP contribution < -0.4 is 4.74 Å². The number of carbonyl (C=O) groups is 1. The first-order valence-corrected chi connectivity index (χ1v) is 3.91. The predicted molar refractivity (Wildman–Crippen MR) is 47.0 cm³/mol. The zero-order chi connectivity index (χ0) is 9.97. The molecule has 0 saturated carbocycles. The maximum atomic E-state index is 10.2. The molecular formula is C8H7N3O3. The van der Waals surface area contributed by atoms with Crippen molar-refractivity contribution in [1.29, 1.82) is 0 Å². The van der Waals surface area contributed by atoms with E-state index in [4.69, 9.17) is 9.84 Å². The summed E-state index contributed by atoms with van der Waals surface area (Å²) in [5.41, 5.74) is 1.22. The fourth-order valence-corrected chi connectivity index (χ4v) is 1.02. The topological polar surface area (TPSA) is 88.1 Å². The first kappa shape index (κ1) is 8.49. The number of pyridine rings is 1. The highest BCUT2D eigenvalue weighted by atomic mass is 16.5. The monoisotopic (exact) mass is 193 g/mol. The van der Waals surface area contributed by atoms with Crippen LogP contribution in [0.3, 0.4) is 0 Å². The van der Waals surface area contributed by atoms with Crippen LogP contribution in [-0.4, -0.2) is 32.6 Å². The summed E-state index contributed by atoms with van der Waals surface area (Å²) < 4.78 is 4.85. The van der Waals surface area contributed by atoms with Crippen molar-refractivity contribution in [3.05, 3.63) is 18.3 Å². The van der Waals surface area contributed by atoms with Crippen molar-refractivity contribution < 1.29 is 14.6 Å². The van der Waals surface area contributed by atoms with E-state index >= 15 is 0 Å². The van der Waals surface area contributed by atoms with E-state index in [2.05, 4.69) is 15.0 Å². The highest BCUT2D eigenvalue weighted by Gasteiger charge is 2.05. The van der Waals surface area contributed by atoms with Crippen LogP contribution in [0.25, 0.3) is 11.2 Å². The van der Waals surface area contributed by atoms with Gasteiger partial charge in [-0.2, -0.15) is 4.98 Å². The molecule has 2 heterocycles. The van der Waals surface area contributed by atoms with Crippen molar-refractivity contribution in [3.63, 3.8) is 0 Å². The number of rotatable bonds is 3. The maximum absolute atomic E-state index is 10.2. The van der Waals surface area contributed by atoms with E-state index in [1.807, 2.05) is 0 Å². The van der Waals surface area contributed by atoms with Crippen LogP contribution in [0.5, 0.6) is 6.01 Å². The molecule has 0 unspecified atom stereocenters. The second-order valence-electron chi connectivity index (χ2n) is 2.60. The average molecular weight is 193 g/mol. The summed E-state index contributed by atoms with van der Waals surface area (Å²) in [6.45, 7) is -0.417. The third kappa shape index (κ3) is 1.63. The number of fused-ring (bicyclic) bond motifs is 1. The van der Waals surface area contributed by atoms with E-state index < -0.39 is 12.6 Å². The number of nitrogens with one attached hydrogen (secondary N) is 1. The minimum Gasteiger partial charge on any atom is -0.479 e. The van der Waals surface area contributed by atoms with Gasteiger partial charge < -0.3 is 14.8 Å². The van der Waals surface area contributed by atoms with Crippen LogP contribution in [0.2, 0.25) is 0 Å². The number of nitrogens with zero attached hydrogens (tertiary/aromatic N) is 2. The number of aromatic nitrogens is 3. The molecule has 0 aromatic carbocycles. The Hall–Kier alpha value is -2.11. The summed E-state index contributed by atoms with van der Waals surface area (Å²) in [4.78, 5) is 20.9. The first-order chi connectivity index (χ1) is 6.75. The van der Waals surface area contributed by atoms with Crippen molar-refractivity contribution in [3.8, 4) is 6.01 Å². The molecule has 0 saturated heterocycles. The lowest BCUT2D eigenvalue weighted by Gasteiger charge is -1.94. The van der Waals surface area contributed by atoms with Gasteiger partial charge in [0.15, 0.2) is 12.3 Å². The molecule has 0 aliphatic carbocycles. The van der Waals surface area contributed by atoms with Gasteiger partial charge in [-0.05, 0) is 12.1 Å². The van der Waals surface area contributed by atoms with E-state index in [9.17, 15) is 4.79 Å². The van der Waals surface area contributed by atoms with Crippen molar-refractivity contribution in [2.45, 2.75) is 0 Å². The molecule has 72 valence electrons. The van der Waals surface area contributed by atoms with Gasteiger partial charge in [0.1, 0.15) is 0 Å². The molecule has 2 aromatic heterocycles. The van der Waals surface area contributed by atoms with Crippen molar-refractivity contribution in [2.75, 3.05) is 6.61 Å². The Morgan fingerprint density at radius 2 is 2.50 bits per heavy atom. The van der Waals surface area contributed by atoms with Gasteiger partial charge in [-0.15, -0.1) is 0 Å². The summed E-state index contributed by atoms with van der Waals surface area (Å²) in [5.74, 6) is -1.04. The smallest absolute Gasteiger partial charge is 0.341 e. The minimum absolute atomic E-state index is 0.168. The molecule has 0 fully saturated rings. The Morgan fingerprint density at radius 3 is 3.21 bits per heavy atom. The zero-order valence-electron chi connectivity index (χ0n) is 7.10. The Morgan fingerprint density at radius 1 is 1.64 bits per heavy atom. The van der Waals surface area contributed by atoms with Gasteiger partial charge in [-0.3, -0.25) is 0 Å². The van der Waals surface area contributed by atoms with Crippen molar-refractivity contribution in [2.24, 2.45) is 0 Å². The normalized spacial score (nSPS) is 10.3. The summed E-state index contributed by atoms with van der Waals surface area (Å²) in [6.07, 6.45) is 1.60. The second kappa shape index (κ2) is 3.33. The average Bonchev–Trinajstić information content (AvgIpc) is 2.57. The molecule has 14 heavy (non-hydrogen) atoms. The summed E-state index contributed by atoms with van der Waals surface area (Å²) >= 11 is 0. The lowest BCUT2D eigenvalue weighted by molar-refractivity contribution is -0.139. The van der Waals surface area contributed by atoms with Gasteiger partial charge in [-0.25, -0.2) is 9.78 Å². The molecule has 0 atom stereocenters. The predicted octanol–water partition coefficient (Wildman–Crippen LogP) is 0.421. The van der Waals surface area contributed by atoms with Crippen LogP contribution in [0, 0.1) is 0 Å². The quantitative estimate of drug-likeness (QED) is 0.737. The maximum Gasteiger partial charge on any atom is 0.341 e. The highest BCUT2D eigenvalue weighted by Crippen LogP contribution is 2.12. The number of imidazole rings is 1. The van der Waals surface area contributed by atoms with Crippen LogP contribution in [-0.2, 0) is 4.79 Å². The van der Waals surface area contributed by atoms with E-state index in [0.29, 0.717) is 11.2 Å². The fourth-order valence-electron chi connectivity index (χ4n) is 1.02. The Balaban J connectivity index is 2.22. The van der Waals surface area contributed by atoms with Gasteiger partial charge in [0.2, 0.25) is 0 Å². The molecule has 2 rings (SSSR count). The Kier molecular flexibility index (Phi) is 2.02. The third-order valence-corrected chi connectivity index (χ3v) is 1.57. The first-order valence-electron chi connectivity index (χ1n) is 3.91. The highest BCUT2D eigenvalue weighted by molar-refractivity contribution is 5.71. The minimum atomic E-state index is -1.04. The molecule has 2 N–H and O–H groups in total. The van der Waals surface area contributed by atoms with E-state index in [-0.39, 0.29) is 6.01 Å². The molecule has 0 bridgehead atoms. The van der Waals surface area contributed by atoms with Crippen molar-refractivity contribution in [1.82, 2.24) is 15.0 Å². The number of hydrogen-bond acceptors (Lipinski definition) is 4. The molecule has 6 nitrogen and oxygen atoms in total. The summed E-state index contributed by atoms with van der Waals surface area (Å²) in [5, 5.41) is 8.37. The van der Waals surface area contributed by atoms with Gasteiger partial charge >= 0.3 is 5.97 Å². The van der Waals surface area contributed by atoms with Gasteiger partial charge in [0, 0.05) is 6.20 Å². The molecule has 0 aliphatic rings. The summed E-state index contributed by atoms with van der Waals surface area (Å²) in [6, 6.07) is 3.70. The van der Waals surface area contributed by atoms with Crippen LogP contribution in [0.4, 0.5) is 0 Å². The van der Waals surface area contributed by atoms with E-state index in [1.54, 1.807) is 18.3 Å². The molecule has 0 amide bonds. The lowest BCUT2D eigenvalue weighted by atomic mass is 10.4. The zero-order valence-corrected chi connectivity index (χ0v) is 7.10. The molecule has 0 aliphatic heterocycles. The molecule has 2 aromatic rings. The standard InChI is InChI=1S/C8H7N3O3/c12-6(13)4-14-8-10-5-2-1-3-9-7(5)11-8/h1-3H,4H2,(H,12,13)(H,9,10,11). The third-order valence-electron chi connectivity index (χ3n) is 1.57.